The number of para-hydroxylation sites is 1. The molecule has 0 bridgehead atoms. The minimum absolute atomic E-state index is 0.268. The van der Waals surface area contributed by atoms with Gasteiger partial charge in [0.1, 0.15) is 18.5 Å². The third-order valence-electron chi connectivity index (χ3n) is 2.90. The monoisotopic (exact) mass is 335 g/mol. The van der Waals surface area contributed by atoms with Crippen molar-refractivity contribution in [3.05, 3.63) is 58.6 Å². The molecule has 0 heterocycles. The number of anilines is 1. The van der Waals surface area contributed by atoms with Crippen LogP contribution in [-0.4, -0.2) is 24.4 Å². The van der Waals surface area contributed by atoms with Crippen LogP contribution in [0.4, 0.5) is 5.69 Å². The number of aliphatic hydroxyl groups excluding tert-OH is 1. The molecular formula is C16H18BrNO2. The Bertz CT molecular complexity index is 545. The Morgan fingerprint density at radius 1 is 1.20 bits per heavy atom. The van der Waals surface area contributed by atoms with E-state index in [9.17, 15) is 5.11 Å². The van der Waals surface area contributed by atoms with Gasteiger partial charge in [-0.3, -0.25) is 0 Å². The number of hydrogen-bond donors (Lipinski definition) is 2. The molecule has 2 rings (SSSR count). The molecule has 106 valence electrons. The number of halogens is 1. The van der Waals surface area contributed by atoms with Crippen molar-refractivity contribution in [1.29, 1.82) is 0 Å². The first-order valence-electron chi connectivity index (χ1n) is 6.51. The number of hydrogen-bond acceptors (Lipinski definition) is 3. The van der Waals surface area contributed by atoms with Crippen molar-refractivity contribution in [3.63, 3.8) is 0 Å². The Labute approximate surface area is 127 Å². The second-order valence-corrected chi connectivity index (χ2v) is 5.48. The molecule has 0 fully saturated rings. The maximum atomic E-state index is 9.90. The predicted molar refractivity (Wildman–Crippen MR) is 85.3 cm³/mol. The summed E-state index contributed by atoms with van der Waals surface area (Å²) in [7, 11) is 0. The van der Waals surface area contributed by atoms with Gasteiger partial charge >= 0.3 is 0 Å². The molecule has 1 atom stereocenters. The maximum absolute atomic E-state index is 9.90. The van der Waals surface area contributed by atoms with Crippen LogP contribution in [0.25, 0.3) is 0 Å². The van der Waals surface area contributed by atoms with E-state index < -0.39 is 6.10 Å². The van der Waals surface area contributed by atoms with Crippen LogP contribution < -0.4 is 10.1 Å². The third-order valence-corrected chi connectivity index (χ3v) is 3.75. The molecule has 0 amide bonds. The largest absolute Gasteiger partial charge is 0.491 e. The van der Waals surface area contributed by atoms with Gasteiger partial charge in [-0.15, -0.1) is 0 Å². The van der Waals surface area contributed by atoms with Crippen molar-refractivity contribution in [2.75, 3.05) is 18.5 Å². The number of aryl methyl sites for hydroxylation is 1. The molecule has 2 aromatic carbocycles. The van der Waals surface area contributed by atoms with Gasteiger partial charge < -0.3 is 15.2 Å². The molecule has 0 spiro atoms. The number of rotatable bonds is 6. The Kier molecular flexibility index (Phi) is 5.44. The van der Waals surface area contributed by atoms with Crippen molar-refractivity contribution < 1.29 is 9.84 Å². The zero-order valence-electron chi connectivity index (χ0n) is 11.3. The minimum atomic E-state index is -0.560. The molecule has 3 nitrogen and oxygen atoms in total. The zero-order valence-corrected chi connectivity index (χ0v) is 12.9. The fourth-order valence-electron chi connectivity index (χ4n) is 1.71. The number of ether oxygens (including phenoxy) is 1. The van der Waals surface area contributed by atoms with Gasteiger partial charge in [0, 0.05) is 16.7 Å². The van der Waals surface area contributed by atoms with E-state index in [0.717, 1.165) is 15.9 Å². The normalized spacial score (nSPS) is 11.9. The van der Waals surface area contributed by atoms with Gasteiger partial charge in [-0.05, 0) is 36.8 Å². The lowest BCUT2D eigenvalue weighted by Gasteiger charge is -2.14. The lowest BCUT2D eigenvalue weighted by atomic mass is 10.2. The van der Waals surface area contributed by atoms with Gasteiger partial charge in [0.15, 0.2) is 0 Å². The third kappa shape index (κ3) is 4.54. The lowest BCUT2D eigenvalue weighted by molar-refractivity contribution is 0.117. The maximum Gasteiger partial charge on any atom is 0.119 e. The van der Waals surface area contributed by atoms with E-state index in [2.05, 4.69) is 21.2 Å². The van der Waals surface area contributed by atoms with Crippen LogP contribution in [0.5, 0.6) is 5.75 Å². The Morgan fingerprint density at radius 3 is 2.65 bits per heavy atom. The van der Waals surface area contributed by atoms with Crippen LogP contribution in [-0.2, 0) is 0 Å². The summed E-state index contributed by atoms with van der Waals surface area (Å²) < 4.78 is 6.55. The second kappa shape index (κ2) is 7.31. The number of benzene rings is 2. The summed E-state index contributed by atoms with van der Waals surface area (Å²) in [4.78, 5) is 0. The highest BCUT2D eigenvalue weighted by Gasteiger charge is 2.05. The van der Waals surface area contributed by atoms with Crippen LogP contribution in [0.1, 0.15) is 5.56 Å². The highest BCUT2D eigenvalue weighted by Crippen LogP contribution is 2.20. The van der Waals surface area contributed by atoms with E-state index in [-0.39, 0.29) is 6.61 Å². The van der Waals surface area contributed by atoms with E-state index in [1.807, 2.05) is 55.5 Å². The van der Waals surface area contributed by atoms with Crippen molar-refractivity contribution in [2.24, 2.45) is 0 Å². The Balaban J connectivity index is 1.77. The lowest BCUT2D eigenvalue weighted by Crippen LogP contribution is -2.26. The molecule has 20 heavy (non-hydrogen) atoms. The van der Waals surface area contributed by atoms with E-state index in [1.54, 1.807) is 0 Å². The molecule has 0 saturated carbocycles. The fourth-order valence-corrected chi connectivity index (χ4v) is 2.09. The summed E-state index contributed by atoms with van der Waals surface area (Å²) in [6.45, 7) is 2.75. The topological polar surface area (TPSA) is 41.5 Å². The predicted octanol–water partition coefficient (Wildman–Crippen LogP) is 3.61. The Morgan fingerprint density at radius 2 is 1.95 bits per heavy atom. The van der Waals surface area contributed by atoms with Crippen molar-refractivity contribution in [3.8, 4) is 5.75 Å². The molecule has 2 N–H and O–H groups in total. The summed E-state index contributed by atoms with van der Waals surface area (Å²) in [5.74, 6) is 0.768. The summed E-state index contributed by atoms with van der Waals surface area (Å²) in [6.07, 6.45) is -0.560. The highest BCUT2D eigenvalue weighted by molar-refractivity contribution is 9.10. The van der Waals surface area contributed by atoms with Gasteiger partial charge in [-0.25, -0.2) is 0 Å². The van der Waals surface area contributed by atoms with Crippen LogP contribution in [0, 0.1) is 6.92 Å². The van der Waals surface area contributed by atoms with Crippen molar-refractivity contribution in [1.82, 2.24) is 0 Å². The second-order valence-electron chi connectivity index (χ2n) is 4.62. The van der Waals surface area contributed by atoms with E-state index in [0.29, 0.717) is 6.54 Å². The molecule has 0 saturated heterocycles. The molecule has 2 aromatic rings. The standard InChI is InChI=1S/C16H18BrNO2/c1-12-7-8-13(9-16(12)17)18-10-14(19)11-20-15-5-3-2-4-6-15/h2-9,14,18-19H,10-11H2,1H3. The van der Waals surface area contributed by atoms with Crippen LogP contribution in [0.15, 0.2) is 53.0 Å². The molecule has 0 aliphatic carbocycles. The smallest absolute Gasteiger partial charge is 0.119 e. The van der Waals surface area contributed by atoms with Gasteiger partial charge in [0.2, 0.25) is 0 Å². The number of aliphatic hydroxyl groups is 1. The SMILES string of the molecule is Cc1ccc(NCC(O)COc2ccccc2)cc1Br. The van der Waals surface area contributed by atoms with Crippen LogP contribution in [0.2, 0.25) is 0 Å². The van der Waals surface area contributed by atoms with Crippen LogP contribution in [0.3, 0.4) is 0 Å². The molecular weight excluding hydrogens is 318 g/mol. The minimum Gasteiger partial charge on any atom is -0.491 e. The molecule has 0 aromatic heterocycles. The van der Waals surface area contributed by atoms with Crippen molar-refractivity contribution >= 4 is 21.6 Å². The first-order chi connectivity index (χ1) is 9.65. The van der Waals surface area contributed by atoms with Gasteiger partial charge in [0.25, 0.3) is 0 Å². The average Bonchev–Trinajstić information content (AvgIpc) is 2.47. The Hall–Kier alpha value is -1.52. The highest BCUT2D eigenvalue weighted by atomic mass is 79.9. The van der Waals surface area contributed by atoms with E-state index >= 15 is 0 Å². The van der Waals surface area contributed by atoms with Gasteiger partial charge in [0.05, 0.1) is 0 Å². The quantitative estimate of drug-likeness (QED) is 0.847. The molecule has 4 heteroatoms. The van der Waals surface area contributed by atoms with E-state index in [1.165, 1.54) is 5.56 Å². The van der Waals surface area contributed by atoms with Gasteiger partial charge in [-0.2, -0.15) is 0 Å². The summed E-state index contributed by atoms with van der Waals surface area (Å²) in [6, 6.07) is 15.5. The first-order valence-corrected chi connectivity index (χ1v) is 7.30. The van der Waals surface area contributed by atoms with Gasteiger partial charge in [-0.1, -0.05) is 40.2 Å². The zero-order chi connectivity index (χ0) is 14.4. The molecule has 0 radical (unpaired) electrons. The summed E-state index contributed by atoms with van der Waals surface area (Å²) >= 11 is 3.49. The fraction of sp³-hybridized carbons (Fsp3) is 0.250. The first kappa shape index (κ1) is 14.9. The summed E-state index contributed by atoms with van der Waals surface area (Å²) in [5.41, 5.74) is 2.16. The van der Waals surface area contributed by atoms with Crippen LogP contribution >= 0.6 is 15.9 Å². The van der Waals surface area contributed by atoms with E-state index in [4.69, 9.17) is 4.74 Å². The molecule has 0 aliphatic rings. The number of nitrogens with one attached hydrogen (secondary N) is 1. The molecule has 0 aliphatic heterocycles. The van der Waals surface area contributed by atoms with Crippen molar-refractivity contribution in [2.45, 2.75) is 13.0 Å². The molecule has 1 unspecified atom stereocenters. The average molecular weight is 336 g/mol. The summed E-state index contributed by atoms with van der Waals surface area (Å²) in [5, 5.41) is 13.1.